The van der Waals surface area contributed by atoms with Crippen molar-refractivity contribution in [2.24, 2.45) is 0 Å². The summed E-state index contributed by atoms with van der Waals surface area (Å²) in [4.78, 5) is 3.72. The van der Waals surface area contributed by atoms with E-state index in [-0.39, 0.29) is 0 Å². The molecule has 0 spiro atoms. The average Bonchev–Trinajstić information content (AvgIpc) is 2.69. The van der Waals surface area contributed by atoms with Gasteiger partial charge in [0.25, 0.3) is 0 Å². The lowest BCUT2D eigenvalue weighted by molar-refractivity contribution is 0.913. The molecule has 0 aromatic heterocycles. The lowest BCUT2D eigenvalue weighted by Crippen LogP contribution is -2.16. The first-order valence-electron chi connectivity index (χ1n) is 5.40. The Morgan fingerprint density at radius 2 is 1.62 bits per heavy atom. The molecule has 0 bridgehead atoms. The SMILES string of the molecule is CN1c2ccccc2SC1c1ccccc1. The first kappa shape index (κ1) is 9.79. The molecule has 0 aliphatic carbocycles. The number of rotatable bonds is 1. The second-order valence-electron chi connectivity index (χ2n) is 3.96. The highest BCUT2D eigenvalue weighted by molar-refractivity contribution is 8.00. The quantitative estimate of drug-likeness (QED) is 0.726. The van der Waals surface area contributed by atoms with Crippen LogP contribution in [0.15, 0.2) is 59.5 Å². The van der Waals surface area contributed by atoms with Gasteiger partial charge in [-0.25, -0.2) is 0 Å². The number of thioether (sulfide) groups is 1. The van der Waals surface area contributed by atoms with Gasteiger partial charge in [0.1, 0.15) is 5.37 Å². The van der Waals surface area contributed by atoms with E-state index in [1.807, 2.05) is 11.8 Å². The molecule has 1 atom stereocenters. The molecule has 2 aromatic rings. The molecule has 1 aliphatic rings. The standard InChI is InChI=1S/C14H13NS/c1-15-12-9-5-6-10-13(12)16-14(15)11-7-3-2-4-8-11/h2-10,14H,1H3. The number of hydrogen-bond donors (Lipinski definition) is 0. The summed E-state index contributed by atoms with van der Waals surface area (Å²) in [7, 11) is 2.16. The van der Waals surface area contributed by atoms with E-state index in [2.05, 4.69) is 66.5 Å². The molecule has 1 unspecified atom stereocenters. The number of fused-ring (bicyclic) bond motifs is 1. The fraction of sp³-hybridized carbons (Fsp3) is 0.143. The fourth-order valence-electron chi connectivity index (χ4n) is 2.08. The smallest absolute Gasteiger partial charge is 0.105 e. The van der Waals surface area contributed by atoms with Crippen molar-refractivity contribution in [2.45, 2.75) is 10.3 Å². The molecule has 0 fully saturated rings. The lowest BCUT2D eigenvalue weighted by Gasteiger charge is -2.21. The molecule has 16 heavy (non-hydrogen) atoms. The van der Waals surface area contributed by atoms with Crippen LogP contribution in [0.3, 0.4) is 0 Å². The van der Waals surface area contributed by atoms with Gasteiger partial charge in [0.15, 0.2) is 0 Å². The molecule has 1 aliphatic heterocycles. The van der Waals surface area contributed by atoms with Crippen molar-refractivity contribution in [1.29, 1.82) is 0 Å². The molecule has 0 radical (unpaired) electrons. The predicted octanol–water partition coefficient (Wildman–Crippen LogP) is 3.93. The Morgan fingerprint density at radius 3 is 2.38 bits per heavy atom. The highest BCUT2D eigenvalue weighted by atomic mass is 32.2. The normalized spacial score (nSPS) is 18.6. The largest absolute Gasteiger partial charge is 0.357 e. The predicted molar refractivity (Wildman–Crippen MR) is 69.9 cm³/mol. The zero-order chi connectivity index (χ0) is 11.0. The molecular weight excluding hydrogens is 214 g/mol. The Labute approximate surface area is 100 Å². The summed E-state index contributed by atoms with van der Waals surface area (Å²) >= 11 is 1.92. The van der Waals surface area contributed by atoms with E-state index in [1.165, 1.54) is 16.1 Å². The van der Waals surface area contributed by atoms with Crippen LogP contribution in [0.5, 0.6) is 0 Å². The van der Waals surface area contributed by atoms with Gasteiger partial charge in [0.2, 0.25) is 0 Å². The Balaban J connectivity index is 1.99. The van der Waals surface area contributed by atoms with E-state index in [1.54, 1.807) is 0 Å². The molecule has 0 N–H and O–H groups in total. The summed E-state index contributed by atoms with van der Waals surface area (Å²) in [6.45, 7) is 0. The van der Waals surface area contributed by atoms with Gasteiger partial charge < -0.3 is 4.90 Å². The minimum atomic E-state index is 0.415. The van der Waals surface area contributed by atoms with Crippen LogP contribution < -0.4 is 4.90 Å². The van der Waals surface area contributed by atoms with Gasteiger partial charge in [-0.3, -0.25) is 0 Å². The highest BCUT2D eigenvalue weighted by Gasteiger charge is 2.27. The molecule has 3 rings (SSSR count). The first-order valence-corrected chi connectivity index (χ1v) is 6.28. The number of anilines is 1. The van der Waals surface area contributed by atoms with Crippen molar-refractivity contribution in [1.82, 2.24) is 0 Å². The molecule has 2 heteroatoms. The maximum atomic E-state index is 2.34. The summed E-state index contributed by atoms with van der Waals surface area (Å²) in [5.41, 5.74) is 2.70. The van der Waals surface area contributed by atoms with E-state index < -0.39 is 0 Å². The van der Waals surface area contributed by atoms with E-state index >= 15 is 0 Å². The minimum absolute atomic E-state index is 0.415. The third-order valence-corrected chi connectivity index (χ3v) is 4.33. The van der Waals surface area contributed by atoms with E-state index in [9.17, 15) is 0 Å². The van der Waals surface area contributed by atoms with Crippen LogP contribution in [0.25, 0.3) is 0 Å². The van der Waals surface area contributed by atoms with Crippen LogP contribution in [-0.4, -0.2) is 7.05 Å². The van der Waals surface area contributed by atoms with Crippen LogP contribution in [0.2, 0.25) is 0 Å². The lowest BCUT2D eigenvalue weighted by atomic mass is 10.2. The monoisotopic (exact) mass is 227 g/mol. The Hall–Kier alpha value is -1.41. The van der Waals surface area contributed by atoms with Gasteiger partial charge in [-0.1, -0.05) is 54.2 Å². The molecular formula is C14H13NS. The summed E-state index contributed by atoms with van der Waals surface area (Å²) in [6, 6.07) is 19.2. The Kier molecular flexibility index (Phi) is 2.37. The van der Waals surface area contributed by atoms with E-state index in [4.69, 9.17) is 0 Å². The molecule has 80 valence electrons. The van der Waals surface area contributed by atoms with Crippen LogP contribution in [0.4, 0.5) is 5.69 Å². The third-order valence-electron chi connectivity index (χ3n) is 2.92. The van der Waals surface area contributed by atoms with Crippen LogP contribution >= 0.6 is 11.8 Å². The number of hydrogen-bond acceptors (Lipinski definition) is 2. The van der Waals surface area contributed by atoms with Gasteiger partial charge in [-0.05, 0) is 17.7 Å². The topological polar surface area (TPSA) is 3.24 Å². The van der Waals surface area contributed by atoms with Crippen molar-refractivity contribution in [3.05, 3.63) is 60.2 Å². The second kappa shape index (κ2) is 3.87. The summed E-state index contributed by atoms with van der Waals surface area (Å²) in [6.07, 6.45) is 0. The summed E-state index contributed by atoms with van der Waals surface area (Å²) in [5.74, 6) is 0. The van der Waals surface area contributed by atoms with Crippen molar-refractivity contribution in [2.75, 3.05) is 11.9 Å². The third kappa shape index (κ3) is 1.50. The van der Waals surface area contributed by atoms with Gasteiger partial charge in [0, 0.05) is 11.9 Å². The van der Waals surface area contributed by atoms with E-state index in [0.717, 1.165) is 0 Å². The molecule has 0 saturated carbocycles. The maximum absolute atomic E-state index is 2.34. The van der Waals surface area contributed by atoms with Crippen LogP contribution in [0, 0.1) is 0 Å². The number of para-hydroxylation sites is 1. The number of benzene rings is 2. The number of nitrogens with zero attached hydrogens (tertiary/aromatic N) is 1. The van der Waals surface area contributed by atoms with Gasteiger partial charge in [0.05, 0.1) is 5.69 Å². The summed E-state index contributed by atoms with van der Waals surface area (Å²) < 4.78 is 0. The Morgan fingerprint density at radius 1 is 0.938 bits per heavy atom. The maximum Gasteiger partial charge on any atom is 0.105 e. The molecule has 0 saturated heterocycles. The fourth-order valence-corrected chi connectivity index (χ4v) is 3.38. The van der Waals surface area contributed by atoms with E-state index in [0.29, 0.717) is 5.37 Å². The minimum Gasteiger partial charge on any atom is -0.357 e. The average molecular weight is 227 g/mol. The first-order chi connectivity index (χ1) is 7.86. The highest BCUT2D eigenvalue weighted by Crippen LogP contribution is 2.49. The van der Waals surface area contributed by atoms with Crippen molar-refractivity contribution in [3.63, 3.8) is 0 Å². The molecule has 0 amide bonds. The van der Waals surface area contributed by atoms with Gasteiger partial charge >= 0.3 is 0 Å². The van der Waals surface area contributed by atoms with Crippen LogP contribution in [0.1, 0.15) is 10.9 Å². The van der Waals surface area contributed by atoms with Gasteiger partial charge in [-0.2, -0.15) is 0 Å². The zero-order valence-corrected chi connectivity index (χ0v) is 9.95. The summed E-state index contributed by atoms with van der Waals surface area (Å²) in [5, 5.41) is 0.415. The van der Waals surface area contributed by atoms with Crippen molar-refractivity contribution < 1.29 is 0 Å². The second-order valence-corrected chi connectivity index (χ2v) is 5.08. The zero-order valence-electron chi connectivity index (χ0n) is 9.13. The molecule has 2 aromatic carbocycles. The molecule has 1 nitrogen and oxygen atoms in total. The molecule has 1 heterocycles. The van der Waals surface area contributed by atoms with Crippen molar-refractivity contribution in [3.8, 4) is 0 Å². The van der Waals surface area contributed by atoms with Crippen molar-refractivity contribution >= 4 is 17.4 Å². The van der Waals surface area contributed by atoms with Crippen LogP contribution in [-0.2, 0) is 0 Å². The Bertz CT molecular complexity index is 495. The van der Waals surface area contributed by atoms with Gasteiger partial charge in [-0.15, -0.1) is 0 Å².